The second-order valence-corrected chi connectivity index (χ2v) is 12.1. The zero-order chi connectivity index (χ0) is 29.4. The number of nitrogens with zero attached hydrogens (tertiary/aromatic N) is 2. The van der Waals surface area contributed by atoms with Gasteiger partial charge in [0.05, 0.1) is 17.7 Å². The second-order valence-electron chi connectivity index (χ2n) is 9.40. The summed E-state index contributed by atoms with van der Waals surface area (Å²) in [7, 11) is -2.74. The highest BCUT2D eigenvalue weighted by atomic mass is 35.5. The van der Waals surface area contributed by atoms with E-state index in [2.05, 4.69) is 5.32 Å². The van der Waals surface area contributed by atoms with Crippen LogP contribution in [-0.4, -0.2) is 50.9 Å². The fraction of sp³-hybridized carbons (Fsp3) is 0.310. The second kappa shape index (κ2) is 13.9. The Bertz CT molecular complexity index is 1410. The summed E-state index contributed by atoms with van der Waals surface area (Å²) >= 11 is 12.3. The van der Waals surface area contributed by atoms with Crippen molar-refractivity contribution in [1.82, 2.24) is 10.2 Å². The molecule has 0 spiro atoms. The van der Waals surface area contributed by atoms with Gasteiger partial charge in [0.1, 0.15) is 18.3 Å². The molecule has 1 atom stereocenters. The van der Waals surface area contributed by atoms with Gasteiger partial charge in [-0.3, -0.25) is 13.9 Å². The number of methoxy groups -OCH3 is 1. The van der Waals surface area contributed by atoms with E-state index in [9.17, 15) is 18.0 Å². The van der Waals surface area contributed by atoms with Crippen LogP contribution >= 0.6 is 23.2 Å². The first-order chi connectivity index (χ1) is 19.0. The minimum absolute atomic E-state index is 0.0325. The van der Waals surface area contributed by atoms with Gasteiger partial charge < -0.3 is 15.0 Å². The van der Waals surface area contributed by atoms with Crippen molar-refractivity contribution in [2.24, 2.45) is 0 Å². The number of anilines is 1. The van der Waals surface area contributed by atoms with Crippen molar-refractivity contribution >= 4 is 50.7 Å². The Kier molecular flexibility index (Phi) is 10.8. The van der Waals surface area contributed by atoms with Crippen molar-refractivity contribution in [2.45, 2.75) is 50.7 Å². The molecule has 0 aromatic heterocycles. The van der Waals surface area contributed by atoms with Gasteiger partial charge in [-0.25, -0.2) is 8.42 Å². The first-order valence-corrected chi connectivity index (χ1v) is 14.9. The van der Waals surface area contributed by atoms with Gasteiger partial charge in [0.15, 0.2) is 0 Å². The van der Waals surface area contributed by atoms with Crippen LogP contribution in [0.15, 0.2) is 77.7 Å². The third-order valence-corrected chi connectivity index (χ3v) is 8.38. The number of sulfonamides is 1. The number of amides is 2. The average molecular weight is 607 g/mol. The minimum Gasteiger partial charge on any atom is -0.497 e. The number of hydrogen-bond acceptors (Lipinski definition) is 5. The van der Waals surface area contributed by atoms with Crippen LogP contribution in [0.4, 0.5) is 5.69 Å². The lowest BCUT2D eigenvalue weighted by Crippen LogP contribution is -2.53. The van der Waals surface area contributed by atoms with E-state index in [0.29, 0.717) is 22.2 Å². The maximum absolute atomic E-state index is 14.0. The molecule has 0 saturated heterocycles. The largest absolute Gasteiger partial charge is 0.497 e. The molecule has 0 heterocycles. The van der Waals surface area contributed by atoms with Gasteiger partial charge >= 0.3 is 0 Å². The van der Waals surface area contributed by atoms with Crippen LogP contribution in [0.2, 0.25) is 10.0 Å². The standard InChI is InChI=1S/C29H33Cl2N3O5S/c1-5-27(29(36)32-20(2)3)33(18-21-9-11-22(30)12-10-21)28(35)19-34(24-8-6-7-23(31)17-24)40(37,38)26-15-13-25(39-4)14-16-26/h6-17,20,27H,5,18-19H2,1-4H3,(H,32,36). The highest BCUT2D eigenvalue weighted by Gasteiger charge is 2.34. The third-order valence-electron chi connectivity index (χ3n) is 6.11. The molecule has 214 valence electrons. The molecule has 1 unspecified atom stereocenters. The topological polar surface area (TPSA) is 96.0 Å². The van der Waals surface area contributed by atoms with E-state index in [1.807, 2.05) is 13.8 Å². The molecule has 0 saturated carbocycles. The summed E-state index contributed by atoms with van der Waals surface area (Å²) in [5.74, 6) is -0.398. The fourth-order valence-electron chi connectivity index (χ4n) is 4.12. The van der Waals surface area contributed by atoms with Gasteiger partial charge in [0.2, 0.25) is 11.8 Å². The molecular formula is C29H33Cl2N3O5S. The molecule has 0 aliphatic carbocycles. The smallest absolute Gasteiger partial charge is 0.264 e. The Hall–Kier alpha value is -3.27. The van der Waals surface area contributed by atoms with Crippen LogP contribution in [0, 0.1) is 0 Å². The molecule has 0 bridgehead atoms. The number of benzene rings is 3. The van der Waals surface area contributed by atoms with Gasteiger partial charge in [0, 0.05) is 22.6 Å². The van der Waals surface area contributed by atoms with Crippen molar-refractivity contribution in [1.29, 1.82) is 0 Å². The molecule has 3 aromatic carbocycles. The average Bonchev–Trinajstić information content (AvgIpc) is 2.92. The maximum Gasteiger partial charge on any atom is 0.264 e. The number of halogens is 2. The first-order valence-electron chi connectivity index (χ1n) is 12.7. The first kappa shape index (κ1) is 31.3. The highest BCUT2D eigenvalue weighted by Crippen LogP contribution is 2.28. The van der Waals surface area contributed by atoms with E-state index in [-0.39, 0.29) is 29.1 Å². The zero-order valence-electron chi connectivity index (χ0n) is 22.8. The molecule has 0 aliphatic rings. The summed E-state index contributed by atoms with van der Waals surface area (Å²) in [6, 6.07) is 18.1. The Morgan fingerprint density at radius 1 is 0.950 bits per heavy atom. The summed E-state index contributed by atoms with van der Waals surface area (Å²) < 4.78 is 34.0. The molecule has 0 fully saturated rings. The van der Waals surface area contributed by atoms with E-state index in [0.717, 1.165) is 9.87 Å². The SMILES string of the molecule is CCC(C(=O)NC(C)C)N(Cc1ccc(Cl)cc1)C(=O)CN(c1cccc(Cl)c1)S(=O)(=O)c1ccc(OC)cc1. The molecule has 2 amide bonds. The maximum atomic E-state index is 14.0. The normalized spacial score (nSPS) is 12.1. The van der Waals surface area contributed by atoms with Gasteiger partial charge in [-0.1, -0.05) is 48.3 Å². The molecule has 3 rings (SSSR count). The summed E-state index contributed by atoms with van der Waals surface area (Å²) in [6.45, 7) is 4.98. The van der Waals surface area contributed by atoms with Gasteiger partial charge in [-0.15, -0.1) is 0 Å². The monoisotopic (exact) mass is 605 g/mol. The molecule has 11 heteroatoms. The van der Waals surface area contributed by atoms with E-state index < -0.39 is 28.5 Å². The molecular weight excluding hydrogens is 573 g/mol. The Morgan fingerprint density at radius 2 is 1.60 bits per heavy atom. The lowest BCUT2D eigenvalue weighted by Gasteiger charge is -2.33. The summed E-state index contributed by atoms with van der Waals surface area (Å²) in [4.78, 5) is 28.6. The summed E-state index contributed by atoms with van der Waals surface area (Å²) in [5, 5.41) is 3.71. The van der Waals surface area contributed by atoms with Crippen LogP contribution in [0.25, 0.3) is 0 Å². The number of carbonyl (C=O) groups excluding carboxylic acids is 2. The van der Waals surface area contributed by atoms with Gasteiger partial charge in [0.25, 0.3) is 10.0 Å². The molecule has 1 N–H and O–H groups in total. The third kappa shape index (κ3) is 7.90. The highest BCUT2D eigenvalue weighted by molar-refractivity contribution is 7.92. The number of hydrogen-bond donors (Lipinski definition) is 1. The quantitative estimate of drug-likeness (QED) is 0.293. The number of rotatable bonds is 12. The minimum atomic E-state index is -4.22. The number of carbonyl (C=O) groups is 2. The number of nitrogens with one attached hydrogen (secondary N) is 1. The predicted octanol–water partition coefficient (Wildman–Crippen LogP) is 5.53. The van der Waals surface area contributed by atoms with Crippen molar-refractivity contribution in [2.75, 3.05) is 18.0 Å². The molecule has 0 aliphatic heterocycles. The van der Waals surface area contributed by atoms with E-state index >= 15 is 0 Å². The zero-order valence-corrected chi connectivity index (χ0v) is 25.1. The molecule has 3 aromatic rings. The van der Waals surface area contributed by atoms with Crippen LogP contribution in [0.5, 0.6) is 5.75 Å². The van der Waals surface area contributed by atoms with Crippen LogP contribution in [-0.2, 0) is 26.2 Å². The van der Waals surface area contributed by atoms with E-state index in [1.54, 1.807) is 49.4 Å². The predicted molar refractivity (Wildman–Crippen MR) is 158 cm³/mol. The van der Waals surface area contributed by atoms with E-state index in [1.165, 1.54) is 42.3 Å². The van der Waals surface area contributed by atoms with Crippen molar-refractivity contribution in [3.8, 4) is 5.75 Å². The van der Waals surface area contributed by atoms with E-state index in [4.69, 9.17) is 27.9 Å². The fourth-order valence-corrected chi connectivity index (χ4v) is 5.84. The Balaban J connectivity index is 2.06. The molecule has 0 radical (unpaired) electrons. The van der Waals surface area contributed by atoms with Crippen molar-refractivity contribution in [3.63, 3.8) is 0 Å². The number of ether oxygens (including phenoxy) is 1. The lowest BCUT2D eigenvalue weighted by atomic mass is 10.1. The Labute approximate surface area is 245 Å². The molecule has 40 heavy (non-hydrogen) atoms. The Morgan fingerprint density at radius 3 is 2.15 bits per heavy atom. The molecule has 8 nitrogen and oxygen atoms in total. The van der Waals surface area contributed by atoms with Crippen LogP contribution < -0.4 is 14.4 Å². The van der Waals surface area contributed by atoms with Gasteiger partial charge in [-0.05, 0) is 80.4 Å². The summed E-state index contributed by atoms with van der Waals surface area (Å²) in [6.07, 6.45) is 0.320. The van der Waals surface area contributed by atoms with Gasteiger partial charge in [-0.2, -0.15) is 0 Å². The lowest BCUT2D eigenvalue weighted by molar-refractivity contribution is -0.140. The van der Waals surface area contributed by atoms with Crippen molar-refractivity contribution < 1.29 is 22.7 Å². The van der Waals surface area contributed by atoms with Crippen LogP contribution in [0.1, 0.15) is 32.8 Å². The van der Waals surface area contributed by atoms with Crippen molar-refractivity contribution in [3.05, 3.63) is 88.4 Å². The summed E-state index contributed by atoms with van der Waals surface area (Å²) in [5.41, 5.74) is 0.948. The van der Waals surface area contributed by atoms with Crippen LogP contribution in [0.3, 0.4) is 0 Å².